The summed E-state index contributed by atoms with van der Waals surface area (Å²) < 4.78 is 5.64. The number of fused-ring (bicyclic) bond motifs is 1. The summed E-state index contributed by atoms with van der Waals surface area (Å²) in [6, 6.07) is 8.37. The van der Waals surface area contributed by atoms with E-state index < -0.39 is 0 Å². The van der Waals surface area contributed by atoms with Gasteiger partial charge in [-0.2, -0.15) is 4.37 Å². The van der Waals surface area contributed by atoms with Gasteiger partial charge in [0.1, 0.15) is 5.82 Å². The van der Waals surface area contributed by atoms with Crippen molar-refractivity contribution in [2.24, 2.45) is 0 Å². The van der Waals surface area contributed by atoms with Crippen LogP contribution in [0, 0.1) is 0 Å². The molecular formula is C13H16N2OS. The lowest BCUT2D eigenvalue weighted by Gasteiger charge is -2.28. The fraction of sp³-hybridized carbons (Fsp3) is 0.462. The molecule has 3 nitrogen and oxygen atoms in total. The van der Waals surface area contributed by atoms with Crippen molar-refractivity contribution in [1.29, 1.82) is 0 Å². The maximum absolute atomic E-state index is 9.95. The number of benzene rings is 1. The van der Waals surface area contributed by atoms with Gasteiger partial charge in [0, 0.05) is 5.39 Å². The van der Waals surface area contributed by atoms with Crippen molar-refractivity contribution in [2.45, 2.75) is 37.8 Å². The van der Waals surface area contributed by atoms with Crippen molar-refractivity contribution in [3.63, 3.8) is 0 Å². The van der Waals surface area contributed by atoms with Crippen LogP contribution in [0.4, 0.5) is 5.82 Å². The molecule has 3 rings (SSSR count). The lowest BCUT2D eigenvalue weighted by atomic mass is 9.92. The molecule has 1 heterocycles. The Morgan fingerprint density at radius 2 is 2.06 bits per heavy atom. The average molecular weight is 248 g/mol. The van der Waals surface area contributed by atoms with Gasteiger partial charge < -0.3 is 10.4 Å². The molecule has 0 saturated heterocycles. The fourth-order valence-electron chi connectivity index (χ4n) is 2.45. The van der Waals surface area contributed by atoms with E-state index in [0.29, 0.717) is 0 Å². The molecule has 0 radical (unpaired) electrons. The monoisotopic (exact) mass is 248 g/mol. The van der Waals surface area contributed by atoms with Gasteiger partial charge in [-0.3, -0.25) is 0 Å². The molecule has 4 heteroatoms. The van der Waals surface area contributed by atoms with Crippen LogP contribution in [0.5, 0.6) is 0 Å². The van der Waals surface area contributed by atoms with Gasteiger partial charge in [0.2, 0.25) is 0 Å². The minimum absolute atomic E-state index is 0.161. The third kappa shape index (κ3) is 2.15. The van der Waals surface area contributed by atoms with Gasteiger partial charge >= 0.3 is 0 Å². The van der Waals surface area contributed by atoms with E-state index in [1.165, 1.54) is 22.7 Å². The Labute approximate surface area is 105 Å². The van der Waals surface area contributed by atoms with Crippen molar-refractivity contribution in [1.82, 2.24) is 4.37 Å². The van der Waals surface area contributed by atoms with Crippen molar-refractivity contribution in [3.8, 4) is 0 Å². The highest BCUT2D eigenvalue weighted by Crippen LogP contribution is 2.29. The standard InChI is InChI=1S/C13H16N2OS/c16-11-7-3-2-6-10(11)14-13-9-5-1-4-8-12(9)17-15-13/h1,4-5,8,10-11,16H,2-3,6-7H2,(H,14,15)/t10-,11-/m0/s1. The molecule has 1 aromatic carbocycles. The van der Waals surface area contributed by atoms with Crippen molar-refractivity contribution in [2.75, 3.05) is 5.32 Å². The molecule has 90 valence electrons. The zero-order valence-electron chi connectivity index (χ0n) is 9.60. The molecule has 0 spiro atoms. The smallest absolute Gasteiger partial charge is 0.147 e. The molecule has 0 unspecified atom stereocenters. The van der Waals surface area contributed by atoms with Gasteiger partial charge in [0.15, 0.2) is 0 Å². The molecule has 2 aromatic rings. The molecule has 1 aliphatic rings. The number of aliphatic hydroxyl groups excluding tert-OH is 1. The molecule has 0 amide bonds. The zero-order valence-corrected chi connectivity index (χ0v) is 10.4. The number of anilines is 1. The largest absolute Gasteiger partial charge is 0.391 e. The molecule has 2 N–H and O–H groups in total. The SMILES string of the molecule is O[C@H]1CCCC[C@@H]1Nc1nsc2ccccc12. The second kappa shape index (κ2) is 4.63. The van der Waals surface area contributed by atoms with E-state index >= 15 is 0 Å². The van der Waals surface area contributed by atoms with Crippen LogP contribution < -0.4 is 5.32 Å². The summed E-state index contributed by atoms with van der Waals surface area (Å²) in [4.78, 5) is 0. The number of rotatable bonds is 2. The summed E-state index contributed by atoms with van der Waals surface area (Å²) in [6.45, 7) is 0. The molecular weight excluding hydrogens is 232 g/mol. The summed E-state index contributed by atoms with van der Waals surface area (Å²) in [5.74, 6) is 0.927. The molecule has 0 bridgehead atoms. The first-order valence-electron chi connectivity index (χ1n) is 6.13. The Hall–Kier alpha value is -1.13. The van der Waals surface area contributed by atoms with Crippen molar-refractivity contribution in [3.05, 3.63) is 24.3 Å². The first kappa shape index (κ1) is 11.0. The van der Waals surface area contributed by atoms with E-state index in [2.05, 4.69) is 21.8 Å². The van der Waals surface area contributed by atoms with Gasteiger partial charge in [-0.05, 0) is 36.5 Å². The van der Waals surface area contributed by atoms with Crippen LogP contribution in [0.25, 0.3) is 10.1 Å². The quantitative estimate of drug-likeness (QED) is 0.858. The van der Waals surface area contributed by atoms with Crippen LogP contribution in [0.1, 0.15) is 25.7 Å². The predicted octanol–water partition coefficient (Wildman–Crippen LogP) is 3.01. The maximum atomic E-state index is 9.95. The Kier molecular flexibility index (Phi) is 2.99. The maximum Gasteiger partial charge on any atom is 0.147 e. The van der Waals surface area contributed by atoms with Crippen molar-refractivity contribution < 1.29 is 5.11 Å². The lowest BCUT2D eigenvalue weighted by molar-refractivity contribution is 0.116. The number of aliphatic hydroxyl groups is 1. The highest BCUT2D eigenvalue weighted by molar-refractivity contribution is 7.13. The van der Waals surface area contributed by atoms with E-state index in [1.54, 1.807) is 0 Å². The summed E-state index contributed by atoms with van der Waals surface area (Å²) in [5, 5.41) is 14.5. The minimum atomic E-state index is -0.232. The summed E-state index contributed by atoms with van der Waals surface area (Å²) in [5.41, 5.74) is 0. The fourth-order valence-corrected chi connectivity index (χ4v) is 3.19. The molecule has 1 aliphatic carbocycles. The Morgan fingerprint density at radius 3 is 2.94 bits per heavy atom. The van der Waals surface area contributed by atoms with Crippen LogP contribution >= 0.6 is 11.5 Å². The van der Waals surface area contributed by atoms with E-state index in [1.807, 2.05) is 12.1 Å². The molecule has 17 heavy (non-hydrogen) atoms. The topological polar surface area (TPSA) is 45.1 Å². The number of hydrogen-bond acceptors (Lipinski definition) is 4. The third-order valence-corrected chi connectivity index (χ3v) is 4.26. The van der Waals surface area contributed by atoms with Gasteiger partial charge in [-0.1, -0.05) is 25.0 Å². The van der Waals surface area contributed by atoms with E-state index in [9.17, 15) is 5.11 Å². The second-order valence-electron chi connectivity index (χ2n) is 4.63. The summed E-state index contributed by atoms with van der Waals surface area (Å²) in [7, 11) is 0. The Balaban J connectivity index is 1.84. The number of hydrogen-bond donors (Lipinski definition) is 2. The van der Waals surface area contributed by atoms with E-state index in [-0.39, 0.29) is 12.1 Å². The number of nitrogens with zero attached hydrogens (tertiary/aromatic N) is 1. The first-order chi connectivity index (χ1) is 8.34. The Morgan fingerprint density at radius 1 is 1.24 bits per heavy atom. The van der Waals surface area contributed by atoms with Gasteiger partial charge in [0.25, 0.3) is 0 Å². The molecule has 0 aliphatic heterocycles. The van der Waals surface area contributed by atoms with Gasteiger partial charge in [0.05, 0.1) is 16.8 Å². The van der Waals surface area contributed by atoms with E-state index in [4.69, 9.17) is 0 Å². The van der Waals surface area contributed by atoms with Gasteiger partial charge in [-0.25, -0.2) is 0 Å². The molecule has 1 fully saturated rings. The van der Waals surface area contributed by atoms with Crippen LogP contribution in [-0.4, -0.2) is 21.6 Å². The molecule has 1 aromatic heterocycles. The van der Waals surface area contributed by atoms with Crippen molar-refractivity contribution >= 4 is 27.4 Å². The summed E-state index contributed by atoms with van der Waals surface area (Å²) >= 11 is 1.51. The van der Waals surface area contributed by atoms with Crippen LogP contribution in [-0.2, 0) is 0 Å². The van der Waals surface area contributed by atoms with Crippen LogP contribution in [0.2, 0.25) is 0 Å². The average Bonchev–Trinajstić information content (AvgIpc) is 2.76. The van der Waals surface area contributed by atoms with Crippen LogP contribution in [0.3, 0.4) is 0 Å². The predicted molar refractivity (Wildman–Crippen MR) is 71.5 cm³/mol. The highest BCUT2D eigenvalue weighted by Gasteiger charge is 2.23. The van der Waals surface area contributed by atoms with Gasteiger partial charge in [-0.15, -0.1) is 0 Å². The molecule has 2 atom stereocenters. The highest BCUT2D eigenvalue weighted by atomic mass is 32.1. The second-order valence-corrected chi connectivity index (χ2v) is 5.43. The zero-order chi connectivity index (χ0) is 11.7. The normalized spacial score (nSPS) is 25.0. The Bertz CT molecular complexity index is 511. The molecule has 1 saturated carbocycles. The number of aromatic nitrogens is 1. The summed E-state index contributed by atoms with van der Waals surface area (Å²) in [6.07, 6.45) is 4.03. The van der Waals surface area contributed by atoms with E-state index in [0.717, 1.165) is 30.5 Å². The minimum Gasteiger partial charge on any atom is -0.391 e. The van der Waals surface area contributed by atoms with Crippen LogP contribution in [0.15, 0.2) is 24.3 Å². The third-order valence-electron chi connectivity index (χ3n) is 3.43. The number of nitrogens with one attached hydrogen (secondary N) is 1. The lowest BCUT2D eigenvalue weighted by Crippen LogP contribution is -2.36. The first-order valence-corrected chi connectivity index (χ1v) is 6.91.